The number of halogens is 1. The van der Waals surface area contributed by atoms with Crippen molar-refractivity contribution in [1.82, 2.24) is 19.1 Å². The van der Waals surface area contributed by atoms with Gasteiger partial charge in [0.25, 0.3) is 0 Å². The summed E-state index contributed by atoms with van der Waals surface area (Å²) in [6, 6.07) is 9.74. The van der Waals surface area contributed by atoms with E-state index in [-0.39, 0.29) is 18.3 Å². The van der Waals surface area contributed by atoms with Crippen molar-refractivity contribution < 1.29 is 4.39 Å². The predicted octanol–water partition coefficient (Wildman–Crippen LogP) is 3.60. The lowest BCUT2D eigenvalue weighted by Gasteiger charge is -2.10. The van der Waals surface area contributed by atoms with Crippen LogP contribution in [0.5, 0.6) is 0 Å². The third kappa shape index (κ3) is 2.25. The number of rotatable bonds is 4. The molecule has 0 aliphatic heterocycles. The summed E-state index contributed by atoms with van der Waals surface area (Å²) in [5.41, 5.74) is 2.72. The number of nitrogens with zero attached hydrogens (tertiary/aromatic N) is 4. The van der Waals surface area contributed by atoms with Crippen LogP contribution in [0.3, 0.4) is 0 Å². The van der Waals surface area contributed by atoms with Crippen LogP contribution in [0, 0.1) is 0 Å². The molecule has 0 saturated heterocycles. The van der Waals surface area contributed by atoms with E-state index in [0.717, 1.165) is 34.6 Å². The van der Waals surface area contributed by atoms with Crippen LogP contribution in [0.4, 0.5) is 4.39 Å². The number of imidazole rings is 1. The standard InChI is InChI=1S/C20H17FN4O/c21-9-16-15-4-2-1-3-13(15)10-23-17(16)12-24-19-11-22-8-7-18(19)25(20(24)26)14-5-6-14/h1-4,7-8,10-11,14H,5-6,9,12H2. The number of aromatic nitrogens is 4. The number of benzene rings is 1. The number of hydrogen-bond donors (Lipinski definition) is 0. The third-order valence-electron chi connectivity index (χ3n) is 5.11. The summed E-state index contributed by atoms with van der Waals surface area (Å²) in [5, 5.41) is 1.75. The van der Waals surface area contributed by atoms with Crippen molar-refractivity contribution in [2.45, 2.75) is 32.1 Å². The molecule has 0 unspecified atom stereocenters. The molecule has 0 spiro atoms. The van der Waals surface area contributed by atoms with Crippen LogP contribution >= 0.6 is 0 Å². The van der Waals surface area contributed by atoms with Crippen LogP contribution < -0.4 is 5.69 Å². The van der Waals surface area contributed by atoms with Crippen molar-refractivity contribution >= 4 is 21.8 Å². The highest BCUT2D eigenvalue weighted by Gasteiger charge is 2.29. The van der Waals surface area contributed by atoms with Crippen molar-refractivity contribution in [2.24, 2.45) is 0 Å². The topological polar surface area (TPSA) is 52.7 Å². The Morgan fingerprint density at radius 3 is 2.77 bits per heavy atom. The van der Waals surface area contributed by atoms with Gasteiger partial charge in [0.1, 0.15) is 6.67 Å². The summed E-state index contributed by atoms with van der Waals surface area (Å²) < 4.78 is 17.3. The van der Waals surface area contributed by atoms with E-state index in [1.54, 1.807) is 23.2 Å². The Morgan fingerprint density at radius 1 is 1.12 bits per heavy atom. The molecule has 1 aliphatic rings. The van der Waals surface area contributed by atoms with Crippen molar-refractivity contribution in [3.63, 3.8) is 0 Å². The zero-order valence-corrected chi connectivity index (χ0v) is 14.1. The Balaban J connectivity index is 1.70. The molecular weight excluding hydrogens is 331 g/mol. The number of fused-ring (bicyclic) bond motifs is 2. The van der Waals surface area contributed by atoms with Crippen LogP contribution in [0.1, 0.15) is 30.1 Å². The van der Waals surface area contributed by atoms with Crippen LogP contribution in [0.15, 0.2) is 53.7 Å². The molecule has 1 saturated carbocycles. The average Bonchev–Trinajstić information content (AvgIpc) is 3.47. The summed E-state index contributed by atoms with van der Waals surface area (Å²) in [7, 11) is 0. The zero-order valence-electron chi connectivity index (χ0n) is 14.1. The van der Waals surface area contributed by atoms with E-state index in [4.69, 9.17) is 0 Å². The maximum absolute atomic E-state index is 13.8. The summed E-state index contributed by atoms with van der Waals surface area (Å²) in [6.07, 6.45) is 7.18. The van der Waals surface area contributed by atoms with Gasteiger partial charge in [-0.1, -0.05) is 24.3 Å². The van der Waals surface area contributed by atoms with Crippen LogP contribution in [0.2, 0.25) is 0 Å². The molecule has 3 heterocycles. The molecule has 5 nitrogen and oxygen atoms in total. The molecule has 130 valence electrons. The predicted molar refractivity (Wildman–Crippen MR) is 97.9 cm³/mol. The first-order chi connectivity index (χ1) is 12.8. The monoisotopic (exact) mass is 348 g/mol. The van der Waals surface area contributed by atoms with Crippen molar-refractivity contribution in [1.29, 1.82) is 0 Å². The Hall–Kier alpha value is -3.02. The molecule has 1 aromatic carbocycles. The Bertz CT molecular complexity index is 1190. The van der Waals surface area contributed by atoms with E-state index in [9.17, 15) is 9.18 Å². The highest BCUT2D eigenvalue weighted by atomic mass is 19.1. The maximum Gasteiger partial charge on any atom is 0.329 e. The summed E-state index contributed by atoms with van der Waals surface area (Å²) >= 11 is 0. The molecule has 0 radical (unpaired) electrons. The van der Waals surface area contributed by atoms with Gasteiger partial charge in [-0.2, -0.15) is 0 Å². The van der Waals surface area contributed by atoms with Crippen molar-refractivity contribution in [3.05, 3.63) is 70.7 Å². The fourth-order valence-corrected chi connectivity index (χ4v) is 3.67. The fraction of sp³-hybridized carbons (Fsp3) is 0.250. The fourth-order valence-electron chi connectivity index (χ4n) is 3.67. The third-order valence-corrected chi connectivity index (χ3v) is 5.11. The van der Waals surface area contributed by atoms with Crippen molar-refractivity contribution in [2.75, 3.05) is 0 Å². The molecular formula is C20H17FN4O. The molecule has 0 bridgehead atoms. The Labute approximate surface area is 148 Å². The summed E-state index contributed by atoms with van der Waals surface area (Å²) in [5.74, 6) is 0. The van der Waals surface area contributed by atoms with Gasteiger partial charge in [-0.15, -0.1) is 0 Å². The van der Waals surface area contributed by atoms with Gasteiger partial charge in [0.2, 0.25) is 0 Å². The van der Waals surface area contributed by atoms with E-state index in [2.05, 4.69) is 9.97 Å². The Morgan fingerprint density at radius 2 is 1.96 bits per heavy atom. The highest BCUT2D eigenvalue weighted by Crippen LogP contribution is 2.36. The van der Waals surface area contributed by atoms with Gasteiger partial charge in [-0.3, -0.25) is 19.1 Å². The first kappa shape index (κ1) is 15.3. The first-order valence-corrected chi connectivity index (χ1v) is 8.74. The Kier molecular flexibility index (Phi) is 3.38. The minimum atomic E-state index is -0.613. The smallest absolute Gasteiger partial charge is 0.289 e. The minimum Gasteiger partial charge on any atom is -0.289 e. The van der Waals surface area contributed by atoms with Gasteiger partial charge in [-0.25, -0.2) is 9.18 Å². The quantitative estimate of drug-likeness (QED) is 0.566. The second-order valence-corrected chi connectivity index (χ2v) is 6.74. The highest BCUT2D eigenvalue weighted by molar-refractivity contribution is 5.85. The molecule has 0 N–H and O–H groups in total. The normalized spacial score (nSPS) is 14.3. The molecule has 6 heteroatoms. The van der Waals surface area contributed by atoms with E-state index >= 15 is 0 Å². The van der Waals surface area contributed by atoms with Gasteiger partial charge < -0.3 is 0 Å². The molecule has 4 aromatic rings. The second kappa shape index (κ2) is 5.76. The van der Waals surface area contributed by atoms with E-state index in [1.165, 1.54) is 0 Å². The maximum atomic E-state index is 13.8. The van der Waals surface area contributed by atoms with Crippen LogP contribution in [-0.2, 0) is 13.2 Å². The van der Waals surface area contributed by atoms with Crippen LogP contribution in [0.25, 0.3) is 21.8 Å². The molecule has 0 amide bonds. The number of hydrogen-bond acceptors (Lipinski definition) is 3. The van der Waals surface area contributed by atoms with Gasteiger partial charge >= 0.3 is 5.69 Å². The summed E-state index contributed by atoms with van der Waals surface area (Å²) in [4.78, 5) is 21.6. The second-order valence-electron chi connectivity index (χ2n) is 6.74. The summed E-state index contributed by atoms with van der Waals surface area (Å²) in [6.45, 7) is -0.372. The molecule has 5 rings (SSSR count). The molecule has 26 heavy (non-hydrogen) atoms. The minimum absolute atomic E-state index is 0.0738. The number of alkyl halides is 1. The van der Waals surface area contributed by atoms with E-state index in [1.807, 2.05) is 34.9 Å². The van der Waals surface area contributed by atoms with Gasteiger partial charge in [0.05, 0.1) is 29.5 Å². The van der Waals surface area contributed by atoms with Gasteiger partial charge in [-0.05, 0) is 24.3 Å². The lowest BCUT2D eigenvalue weighted by atomic mass is 10.1. The van der Waals surface area contributed by atoms with E-state index in [0.29, 0.717) is 11.3 Å². The molecule has 1 aliphatic carbocycles. The SMILES string of the molecule is O=c1n(Cc2ncc3ccccc3c2CF)c2cnccc2n1C1CC1. The number of pyridine rings is 2. The lowest BCUT2D eigenvalue weighted by molar-refractivity contribution is 0.482. The molecule has 0 atom stereocenters. The zero-order chi connectivity index (χ0) is 17.7. The molecule has 1 fully saturated rings. The van der Waals surface area contributed by atoms with Gasteiger partial charge in [0, 0.05) is 29.4 Å². The first-order valence-electron chi connectivity index (χ1n) is 8.74. The average molecular weight is 348 g/mol. The van der Waals surface area contributed by atoms with Gasteiger partial charge in [0.15, 0.2) is 0 Å². The van der Waals surface area contributed by atoms with Crippen LogP contribution in [-0.4, -0.2) is 19.1 Å². The van der Waals surface area contributed by atoms with Crippen molar-refractivity contribution in [3.8, 4) is 0 Å². The largest absolute Gasteiger partial charge is 0.329 e. The van der Waals surface area contributed by atoms with E-state index < -0.39 is 6.67 Å². The molecule has 3 aromatic heterocycles. The lowest BCUT2D eigenvalue weighted by Crippen LogP contribution is -2.25.